The molecule has 3 rings (SSSR count). The molecule has 1 aromatic carbocycles. The van der Waals surface area contributed by atoms with E-state index < -0.39 is 6.09 Å². The number of aryl methyl sites for hydroxylation is 1. The van der Waals surface area contributed by atoms with Crippen LogP contribution in [0, 0.1) is 5.92 Å². The first-order chi connectivity index (χ1) is 12.0. The summed E-state index contributed by atoms with van der Waals surface area (Å²) in [6.45, 7) is 4.06. The van der Waals surface area contributed by atoms with Gasteiger partial charge < -0.3 is 20.8 Å². The Balaban J connectivity index is 1.66. The van der Waals surface area contributed by atoms with Gasteiger partial charge in [-0.05, 0) is 30.4 Å². The molecule has 0 saturated carbocycles. The number of benzene rings is 1. The zero-order chi connectivity index (χ0) is 18.0. The zero-order valence-electron chi connectivity index (χ0n) is 14.7. The number of nitrogens with two attached hydrogens (primary N) is 1. The SMILES string of the molecule is CC[C@H](C)C(NC(=O)OC1CCc2[nH]c3ccccc3c2C1)C(N)=S. The number of hydrogen-bond donors (Lipinski definition) is 3. The molecule has 0 saturated heterocycles. The second kappa shape index (κ2) is 7.44. The van der Waals surface area contributed by atoms with Crippen molar-refractivity contribution in [2.75, 3.05) is 0 Å². The van der Waals surface area contributed by atoms with Gasteiger partial charge >= 0.3 is 6.09 Å². The fraction of sp³-hybridized carbons (Fsp3) is 0.474. The summed E-state index contributed by atoms with van der Waals surface area (Å²) in [5.74, 6) is 0.177. The molecule has 1 aliphatic carbocycles. The molecule has 0 spiro atoms. The zero-order valence-corrected chi connectivity index (χ0v) is 15.5. The van der Waals surface area contributed by atoms with E-state index in [-0.39, 0.29) is 18.1 Å². The minimum Gasteiger partial charge on any atom is -0.446 e. The maximum absolute atomic E-state index is 12.3. The molecule has 0 fully saturated rings. The molecule has 25 heavy (non-hydrogen) atoms. The molecule has 1 aromatic heterocycles. The van der Waals surface area contributed by atoms with Gasteiger partial charge in [0.1, 0.15) is 6.10 Å². The molecule has 5 nitrogen and oxygen atoms in total. The molecule has 4 N–H and O–H groups in total. The number of hydrogen-bond acceptors (Lipinski definition) is 3. The van der Waals surface area contributed by atoms with Gasteiger partial charge in [0.15, 0.2) is 0 Å². The van der Waals surface area contributed by atoms with Gasteiger partial charge in [0.25, 0.3) is 0 Å². The summed E-state index contributed by atoms with van der Waals surface area (Å²) in [7, 11) is 0. The van der Waals surface area contributed by atoms with E-state index in [1.54, 1.807) is 0 Å². The van der Waals surface area contributed by atoms with E-state index in [1.807, 2.05) is 26.0 Å². The highest BCUT2D eigenvalue weighted by molar-refractivity contribution is 7.80. The van der Waals surface area contributed by atoms with Crippen LogP contribution in [-0.4, -0.2) is 28.2 Å². The molecule has 3 atom stereocenters. The molecule has 1 aliphatic rings. The first kappa shape index (κ1) is 17.7. The first-order valence-corrected chi connectivity index (χ1v) is 9.25. The fourth-order valence-electron chi connectivity index (χ4n) is 3.48. The quantitative estimate of drug-likeness (QED) is 0.714. The van der Waals surface area contributed by atoms with Crippen LogP contribution < -0.4 is 11.1 Å². The number of amides is 1. The summed E-state index contributed by atoms with van der Waals surface area (Å²) in [5, 5.41) is 4.05. The number of nitrogens with one attached hydrogen (secondary N) is 2. The number of para-hydroxylation sites is 1. The molecule has 6 heteroatoms. The largest absolute Gasteiger partial charge is 0.446 e. The Morgan fingerprint density at radius 1 is 1.48 bits per heavy atom. The number of ether oxygens (including phenoxy) is 1. The minimum absolute atomic E-state index is 0.129. The molecule has 0 aliphatic heterocycles. The summed E-state index contributed by atoms with van der Waals surface area (Å²) < 4.78 is 5.66. The number of thiocarbonyl (C=S) groups is 1. The lowest BCUT2D eigenvalue weighted by molar-refractivity contribution is 0.0869. The third kappa shape index (κ3) is 3.79. The number of H-pyrrole nitrogens is 1. The number of fused-ring (bicyclic) bond motifs is 3. The van der Waals surface area contributed by atoms with Crippen molar-refractivity contribution < 1.29 is 9.53 Å². The number of aromatic nitrogens is 1. The number of aromatic amines is 1. The summed E-state index contributed by atoms with van der Waals surface area (Å²) in [6.07, 6.45) is 2.74. The standard InChI is InChI=1S/C19H25N3O2S/c1-3-11(2)17(18(20)25)22-19(23)24-12-8-9-16-14(10-12)13-6-4-5-7-15(13)21-16/h4-7,11-12,17,21H,3,8-10H2,1-2H3,(H2,20,25)(H,22,23)/t11-,12?,17?/m0/s1. The van der Waals surface area contributed by atoms with Gasteiger partial charge in [-0.3, -0.25) is 0 Å². The lowest BCUT2D eigenvalue weighted by Crippen LogP contribution is -2.48. The van der Waals surface area contributed by atoms with Crippen LogP contribution in [-0.2, 0) is 17.6 Å². The molecule has 1 heterocycles. The average Bonchev–Trinajstić information content (AvgIpc) is 2.97. The number of carbonyl (C=O) groups is 1. The van der Waals surface area contributed by atoms with E-state index in [0.717, 1.165) is 31.2 Å². The van der Waals surface area contributed by atoms with Crippen molar-refractivity contribution in [1.29, 1.82) is 0 Å². The van der Waals surface area contributed by atoms with E-state index in [9.17, 15) is 4.79 Å². The Kier molecular flexibility index (Phi) is 5.27. The van der Waals surface area contributed by atoms with Crippen LogP contribution in [0.4, 0.5) is 4.79 Å². The first-order valence-electron chi connectivity index (χ1n) is 8.84. The predicted octanol–water partition coefficient (Wildman–Crippen LogP) is 3.45. The number of alkyl carbamates (subject to hydrolysis) is 1. The summed E-state index contributed by atoms with van der Waals surface area (Å²) in [4.78, 5) is 16.1. The summed E-state index contributed by atoms with van der Waals surface area (Å²) in [5.41, 5.74) is 9.41. The van der Waals surface area contributed by atoms with Crippen LogP contribution >= 0.6 is 12.2 Å². The second-order valence-corrected chi connectivity index (χ2v) is 7.28. The molecule has 134 valence electrons. The van der Waals surface area contributed by atoms with Crippen LogP contribution in [0.3, 0.4) is 0 Å². The Morgan fingerprint density at radius 3 is 2.96 bits per heavy atom. The molecule has 2 aromatic rings. The van der Waals surface area contributed by atoms with Gasteiger partial charge in [0, 0.05) is 23.0 Å². The van der Waals surface area contributed by atoms with Gasteiger partial charge in [0.05, 0.1) is 11.0 Å². The van der Waals surface area contributed by atoms with Crippen LogP contribution in [0.1, 0.15) is 37.9 Å². The van der Waals surface area contributed by atoms with E-state index in [2.05, 4.69) is 22.4 Å². The fourth-order valence-corrected chi connectivity index (χ4v) is 3.77. The molecule has 0 radical (unpaired) electrons. The maximum atomic E-state index is 12.3. The van der Waals surface area contributed by atoms with Gasteiger partial charge in [0.2, 0.25) is 0 Å². The molecule has 1 amide bonds. The van der Waals surface area contributed by atoms with Crippen LogP contribution in [0.25, 0.3) is 10.9 Å². The van der Waals surface area contributed by atoms with Crippen molar-refractivity contribution in [3.8, 4) is 0 Å². The predicted molar refractivity (Wildman–Crippen MR) is 104 cm³/mol. The van der Waals surface area contributed by atoms with Crippen LogP contribution in [0.5, 0.6) is 0 Å². The van der Waals surface area contributed by atoms with Crippen molar-refractivity contribution >= 4 is 34.2 Å². The maximum Gasteiger partial charge on any atom is 0.407 e. The highest BCUT2D eigenvalue weighted by Gasteiger charge is 2.27. The van der Waals surface area contributed by atoms with E-state index in [4.69, 9.17) is 22.7 Å². The molecular formula is C19H25N3O2S. The third-order valence-corrected chi connectivity index (χ3v) is 5.37. The molecule has 2 unspecified atom stereocenters. The monoisotopic (exact) mass is 359 g/mol. The lowest BCUT2D eigenvalue weighted by Gasteiger charge is -2.26. The smallest absolute Gasteiger partial charge is 0.407 e. The van der Waals surface area contributed by atoms with Crippen molar-refractivity contribution in [3.05, 3.63) is 35.5 Å². The Morgan fingerprint density at radius 2 is 2.24 bits per heavy atom. The highest BCUT2D eigenvalue weighted by atomic mass is 32.1. The lowest BCUT2D eigenvalue weighted by atomic mass is 9.93. The summed E-state index contributed by atoms with van der Waals surface area (Å²) >= 11 is 5.08. The van der Waals surface area contributed by atoms with Crippen molar-refractivity contribution in [2.24, 2.45) is 11.7 Å². The minimum atomic E-state index is -0.439. The van der Waals surface area contributed by atoms with Crippen LogP contribution in [0.2, 0.25) is 0 Å². The Bertz CT molecular complexity index is 786. The number of carbonyl (C=O) groups excluding carboxylic acids is 1. The van der Waals surface area contributed by atoms with Crippen molar-refractivity contribution in [2.45, 2.75) is 51.7 Å². The van der Waals surface area contributed by atoms with Crippen molar-refractivity contribution in [3.63, 3.8) is 0 Å². The van der Waals surface area contributed by atoms with Gasteiger partial charge in [-0.25, -0.2) is 4.79 Å². The molecule has 0 bridgehead atoms. The second-order valence-electron chi connectivity index (χ2n) is 6.81. The summed E-state index contributed by atoms with van der Waals surface area (Å²) in [6, 6.07) is 7.91. The topological polar surface area (TPSA) is 80.1 Å². The van der Waals surface area contributed by atoms with Crippen LogP contribution in [0.15, 0.2) is 24.3 Å². The van der Waals surface area contributed by atoms with E-state index in [0.29, 0.717) is 4.99 Å². The van der Waals surface area contributed by atoms with Gasteiger partial charge in [-0.1, -0.05) is 50.7 Å². The normalized spacial score (nSPS) is 19.0. The molecular weight excluding hydrogens is 334 g/mol. The Hall–Kier alpha value is -2.08. The Labute approximate surface area is 153 Å². The highest BCUT2D eigenvalue weighted by Crippen LogP contribution is 2.30. The average molecular weight is 359 g/mol. The van der Waals surface area contributed by atoms with Gasteiger partial charge in [-0.15, -0.1) is 0 Å². The van der Waals surface area contributed by atoms with Crippen molar-refractivity contribution in [1.82, 2.24) is 10.3 Å². The van der Waals surface area contributed by atoms with Gasteiger partial charge in [-0.2, -0.15) is 0 Å². The van der Waals surface area contributed by atoms with E-state index in [1.165, 1.54) is 16.6 Å². The van der Waals surface area contributed by atoms with E-state index >= 15 is 0 Å². The third-order valence-electron chi connectivity index (χ3n) is 5.12. The number of rotatable bonds is 5.